The molecule has 4 rings (SSSR count). The molecule has 1 saturated heterocycles. The van der Waals surface area contributed by atoms with Gasteiger partial charge < -0.3 is 9.64 Å². The van der Waals surface area contributed by atoms with E-state index in [4.69, 9.17) is 4.74 Å². The Morgan fingerprint density at radius 2 is 1.85 bits per heavy atom. The molecule has 0 spiro atoms. The van der Waals surface area contributed by atoms with Crippen LogP contribution in [-0.4, -0.2) is 62.6 Å². The van der Waals surface area contributed by atoms with Crippen molar-refractivity contribution in [3.05, 3.63) is 59.4 Å². The lowest BCUT2D eigenvalue weighted by molar-refractivity contribution is -0.140. The Balaban J connectivity index is 1.33. The highest BCUT2D eigenvalue weighted by molar-refractivity contribution is 5.87. The fraction of sp³-hybridized carbons (Fsp3) is 0.300. The standard InChI is InChI=1S/C20H19F4N7O2/c21-17-5-4-15(11-16(17)20(22,23)24)33-14-3-1-2-13(10-14)12-30-6-8-31(9-7-30)19(32)25-18-26-28-29-27-18/h1-5,10-11H,6-9,12H2,(H2,25,26,27,28,29,32). The Hall–Kier alpha value is -3.74. The van der Waals surface area contributed by atoms with Crippen LogP contribution in [0.15, 0.2) is 42.5 Å². The summed E-state index contributed by atoms with van der Waals surface area (Å²) in [6.07, 6.45) is -4.81. The van der Waals surface area contributed by atoms with E-state index < -0.39 is 17.6 Å². The monoisotopic (exact) mass is 465 g/mol. The molecule has 13 heteroatoms. The van der Waals surface area contributed by atoms with Gasteiger partial charge in [0.2, 0.25) is 0 Å². The molecule has 0 aliphatic carbocycles. The van der Waals surface area contributed by atoms with E-state index in [-0.39, 0.29) is 17.7 Å². The van der Waals surface area contributed by atoms with Gasteiger partial charge in [0.1, 0.15) is 17.3 Å². The molecule has 1 fully saturated rings. The molecule has 174 valence electrons. The number of piperazine rings is 1. The van der Waals surface area contributed by atoms with Gasteiger partial charge in [-0.15, -0.1) is 5.10 Å². The molecule has 0 atom stereocenters. The second kappa shape index (κ2) is 9.40. The van der Waals surface area contributed by atoms with Crippen LogP contribution in [0.25, 0.3) is 0 Å². The first-order valence-electron chi connectivity index (χ1n) is 9.93. The normalized spacial score (nSPS) is 14.8. The Bertz CT molecular complexity index is 1100. The van der Waals surface area contributed by atoms with Crippen molar-refractivity contribution in [3.63, 3.8) is 0 Å². The number of carbonyl (C=O) groups is 1. The molecule has 0 unspecified atom stereocenters. The van der Waals surface area contributed by atoms with Gasteiger partial charge in [-0.05, 0) is 41.1 Å². The van der Waals surface area contributed by atoms with Crippen molar-refractivity contribution in [1.29, 1.82) is 0 Å². The second-order valence-electron chi connectivity index (χ2n) is 7.32. The number of benzene rings is 2. The van der Waals surface area contributed by atoms with E-state index in [1.54, 1.807) is 23.1 Å². The Kier molecular flexibility index (Phi) is 6.40. The van der Waals surface area contributed by atoms with Crippen LogP contribution in [0.1, 0.15) is 11.1 Å². The van der Waals surface area contributed by atoms with Gasteiger partial charge in [0.05, 0.1) is 5.56 Å². The van der Waals surface area contributed by atoms with Gasteiger partial charge in [0.15, 0.2) is 0 Å². The molecule has 2 heterocycles. The number of carbonyl (C=O) groups excluding carboxylic acids is 1. The average Bonchev–Trinajstić information content (AvgIpc) is 3.28. The Morgan fingerprint density at radius 1 is 1.09 bits per heavy atom. The Labute approximate surface area is 185 Å². The lowest BCUT2D eigenvalue weighted by Crippen LogP contribution is -2.49. The average molecular weight is 465 g/mol. The zero-order valence-electron chi connectivity index (χ0n) is 17.1. The number of ether oxygens (including phenoxy) is 1. The van der Waals surface area contributed by atoms with E-state index in [1.165, 1.54) is 0 Å². The van der Waals surface area contributed by atoms with E-state index >= 15 is 0 Å². The number of halogens is 4. The Morgan fingerprint density at radius 3 is 2.55 bits per heavy atom. The number of amides is 2. The maximum atomic E-state index is 13.5. The van der Waals surface area contributed by atoms with Crippen LogP contribution in [0.4, 0.5) is 28.3 Å². The molecular formula is C20H19F4N7O2. The van der Waals surface area contributed by atoms with Crippen LogP contribution >= 0.6 is 0 Å². The van der Waals surface area contributed by atoms with Crippen LogP contribution in [-0.2, 0) is 12.7 Å². The lowest BCUT2D eigenvalue weighted by atomic mass is 10.1. The van der Waals surface area contributed by atoms with Crippen molar-refractivity contribution in [2.24, 2.45) is 0 Å². The third-order valence-corrected chi connectivity index (χ3v) is 5.01. The minimum absolute atomic E-state index is 0.0998. The van der Waals surface area contributed by atoms with Crippen molar-refractivity contribution >= 4 is 12.0 Å². The summed E-state index contributed by atoms with van der Waals surface area (Å²) in [5.41, 5.74) is -0.493. The number of urea groups is 1. The predicted molar refractivity (Wildman–Crippen MR) is 108 cm³/mol. The molecule has 0 saturated carbocycles. The molecule has 9 nitrogen and oxygen atoms in total. The molecule has 2 aromatic carbocycles. The molecule has 1 aliphatic rings. The quantitative estimate of drug-likeness (QED) is 0.560. The van der Waals surface area contributed by atoms with E-state index in [1.807, 2.05) is 6.07 Å². The largest absolute Gasteiger partial charge is 0.457 e. The number of rotatable bonds is 5. The van der Waals surface area contributed by atoms with E-state index in [0.29, 0.717) is 44.5 Å². The fourth-order valence-corrected chi connectivity index (χ4v) is 3.39. The number of hydrogen-bond donors (Lipinski definition) is 2. The van der Waals surface area contributed by atoms with E-state index in [0.717, 1.165) is 17.7 Å². The zero-order chi connectivity index (χ0) is 23.4. The smallest absolute Gasteiger partial charge is 0.419 e. The first kappa shape index (κ1) is 22.5. The topological polar surface area (TPSA) is 99.3 Å². The summed E-state index contributed by atoms with van der Waals surface area (Å²) in [5.74, 6) is -1.02. The molecule has 1 aliphatic heterocycles. The molecule has 33 heavy (non-hydrogen) atoms. The van der Waals surface area contributed by atoms with Crippen LogP contribution < -0.4 is 10.1 Å². The number of aromatic nitrogens is 4. The van der Waals surface area contributed by atoms with E-state index in [9.17, 15) is 22.4 Å². The minimum Gasteiger partial charge on any atom is -0.457 e. The van der Waals surface area contributed by atoms with Gasteiger partial charge in [0.25, 0.3) is 5.95 Å². The van der Waals surface area contributed by atoms with Crippen LogP contribution in [0.5, 0.6) is 11.5 Å². The number of hydrogen-bond acceptors (Lipinski definition) is 6. The number of H-pyrrole nitrogens is 1. The number of nitrogens with one attached hydrogen (secondary N) is 2. The van der Waals surface area contributed by atoms with Gasteiger partial charge in [-0.3, -0.25) is 10.2 Å². The first-order valence-corrected chi connectivity index (χ1v) is 9.93. The van der Waals surface area contributed by atoms with Gasteiger partial charge in [0, 0.05) is 32.7 Å². The molecule has 3 aromatic rings. The maximum absolute atomic E-state index is 13.5. The van der Waals surface area contributed by atoms with Gasteiger partial charge in [-0.2, -0.15) is 18.4 Å². The van der Waals surface area contributed by atoms with Crippen LogP contribution in [0.2, 0.25) is 0 Å². The zero-order valence-corrected chi connectivity index (χ0v) is 17.1. The number of anilines is 1. The maximum Gasteiger partial charge on any atom is 0.419 e. The van der Waals surface area contributed by atoms with Gasteiger partial charge in [-0.1, -0.05) is 17.2 Å². The van der Waals surface area contributed by atoms with Crippen molar-refractivity contribution in [3.8, 4) is 11.5 Å². The van der Waals surface area contributed by atoms with Gasteiger partial charge in [-0.25, -0.2) is 9.18 Å². The highest BCUT2D eigenvalue weighted by Crippen LogP contribution is 2.35. The summed E-state index contributed by atoms with van der Waals surface area (Å²) in [5, 5.41) is 15.5. The molecule has 0 bridgehead atoms. The highest BCUT2D eigenvalue weighted by atomic mass is 19.4. The summed E-state index contributed by atoms with van der Waals surface area (Å²) >= 11 is 0. The van der Waals surface area contributed by atoms with E-state index in [2.05, 4.69) is 30.8 Å². The summed E-state index contributed by atoms with van der Waals surface area (Å²) in [4.78, 5) is 16.0. The van der Waals surface area contributed by atoms with Crippen molar-refractivity contribution < 1.29 is 27.1 Å². The minimum atomic E-state index is -4.81. The number of tetrazole rings is 1. The third kappa shape index (κ3) is 5.74. The number of nitrogens with zero attached hydrogens (tertiary/aromatic N) is 5. The van der Waals surface area contributed by atoms with Crippen LogP contribution in [0.3, 0.4) is 0 Å². The van der Waals surface area contributed by atoms with Gasteiger partial charge >= 0.3 is 12.2 Å². The number of alkyl halides is 3. The molecule has 2 N–H and O–H groups in total. The van der Waals surface area contributed by atoms with Crippen molar-refractivity contribution in [2.45, 2.75) is 12.7 Å². The molecule has 2 amide bonds. The second-order valence-corrected chi connectivity index (χ2v) is 7.32. The summed E-state index contributed by atoms with van der Waals surface area (Å²) in [7, 11) is 0. The fourth-order valence-electron chi connectivity index (χ4n) is 3.39. The lowest BCUT2D eigenvalue weighted by Gasteiger charge is -2.34. The molecule has 0 radical (unpaired) electrons. The first-order chi connectivity index (χ1) is 15.8. The van der Waals surface area contributed by atoms with Crippen molar-refractivity contribution in [2.75, 3.05) is 31.5 Å². The summed E-state index contributed by atoms with van der Waals surface area (Å²) in [6.45, 7) is 2.80. The molecular weight excluding hydrogens is 446 g/mol. The predicted octanol–water partition coefficient (Wildman–Crippen LogP) is 3.50. The third-order valence-electron chi connectivity index (χ3n) is 5.01. The SMILES string of the molecule is O=C(Nc1nn[nH]n1)N1CCN(Cc2cccc(Oc3ccc(F)c(C(F)(F)F)c3)c2)CC1. The van der Waals surface area contributed by atoms with Crippen molar-refractivity contribution in [1.82, 2.24) is 30.4 Å². The summed E-state index contributed by atoms with van der Waals surface area (Å²) in [6, 6.07) is 9.13. The highest BCUT2D eigenvalue weighted by Gasteiger charge is 2.34. The van der Waals surface area contributed by atoms with Crippen LogP contribution in [0, 0.1) is 5.82 Å². The summed E-state index contributed by atoms with van der Waals surface area (Å²) < 4.78 is 57.8. The number of aromatic amines is 1. The molecule has 1 aromatic heterocycles.